The van der Waals surface area contributed by atoms with E-state index in [9.17, 15) is 18.4 Å². The molecule has 2 aromatic rings. The van der Waals surface area contributed by atoms with Crippen LogP contribution in [-0.2, 0) is 4.79 Å². The number of carbonyl (C=O) groups excluding carboxylic acids is 2. The fourth-order valence-electron chi connectivity index (χ4n) is 3.70. The van der Waals surface area contributed by atoms with Crippen molar-refractivity contribution in [3.05, 3.63) is 42.1 Å². The Kier molecular flexibility index (Phi) is 7.61. The van der Waals surface area contributed by atoms with Gasteiger partial charge in [-0.2, -0.15) is 0 Å². The van der Waals surface area contributed by atoms with E-state index in [0.29, 0.717) is 53.7 Å². The van der Waals surface area contributed by atoms with Gasteiger partial charge in [0.05, 0.1) is 17.9 Å². The fourth-order valence-corrected chi connectivity index (χ4v) is 4.49. The molecule has 1 aromatic carbocycles. The molecular formula is C22H24F2N4O4S. The summed E-state index contributed by atoms with van der Waals surface area (Å²) in [5.74, 6) is 0.740. The highest BCUT2D eigenvalue weighted by Gasteiger charge is 2.24. The lowest BCUT2D eigenvalue weighted by atomic mass is 10.0. The van der Waals surface area contributed by atoms with Crippen LogP contribution in [0.1, 0.15) is 23.2 Å². The average Bonchev–Trinajstić information content (AvgIpc) is 3.27. The third-order valence-electron chi connectivity index (χ3n) is 5.33. The summed E-state index contributed by atoms with van der Waals surface area (Å²) < 4.78 is 35.6. The number of thioether (sulfide) groups is 1. The monoisotopic (exact) mass is 478 g/mol. The largest absolute Gasteiger partial charge is 0.454 e. The maximum atomic E-state index is 12.8. The molecule has 0 atom stereocenters. The lowest BCUT2D eigenvalue weighted by Crippen LogP contribution is -2.45. The summed E-state index contributed by atoms with van der Waals surface area (Å²) >= 11 is 1.17. The molecule has 4 rings (SSSR count). The summed E-state index contributed by atoms with van der Waals surface area (Å²) in [6.07, 6.45) is 0.434. The van der Waals surface area contributed by atoms with Gasteiger partial charge in [-0.25, -0.2) is 13.8 Å². The number of pyridine rings is 1. The van der Waals surface area contributed by atoms with Crippen molar-refractivity contribution >= 4 is 29.3 Å². The number of hydrogen-bond acceptors (Lipinski definition) is 7. The van der Waals surface area contributed by atoms with E-state index in [1.165, 1.54) is 11.8 Å². The Morgan fingerprint density at radius 1 is 1.18 bits per heavy atom. The number of halogens is 2. The van der Waals surface area contributed by atoms with Crippen molar-refractivity contribution in [2.75, 3.05) is 37.5 Å². The molecule has 11 heteroatoms. The van der Waals surface area contributed by atoms with Crippen molar-refractivity contribution in [1.82, 2.24) is 15.2 Å². The molecule has 33 heavy (non-hydrogen) atoms. The minimum atomic E-state index is -2.35. The lowest BCUT2D eigenvalue weighted by molar-refractivity contribution is -0.113. The zero-order chi connectivity index (χ0) is 23.2. The first kappa shape index (κ1) is 23.2. The topological polar surface area (TPSA) is 92.8 Å². The first-order chi connectivity index (χ1) is 16.0. The van der Waals surface area contributed by atoms with Gasteiger partial charge in [-0.15, -0.1) is 0 Å². The number of ether oxygens (including phenoxy) is 2. The van der Waals surface area contributed by atoms with E-state index in [0.717, 1.165) is 0 Å². The number of likely N-dealkylation sites (tertiary alicyclic amines) is 1. The number of piperidine rings is 1. The summed E-state index contributed by atoms with van der Waals surface area (Å²) in [6.45, 7) is 0.953. The average molecular weight is 479 g/mol. The highest BCUT2D eigenvalue weighted by molar-refractivity contribution is 8.00. The number of carbonyl (C=O) groups is 2. The maximum absolute atomic E-state index is 12.8. The van der Waals surface area contributed by atoms with Crippen LogP contribution >= 0.6 is 11.8 Å². The SMILES string of the molecule is O=C(CSc1ncccc1C(=O)NC1CCN(CC(F)F)CC1)Nc1ccc2c(c1)OCO2. The van der Waals surface area contributed by atoms with E-state index in [-0.39, 0.29) is 36.9 Å². The molecule has 2 amide bonds. The second-order valence-corrected chi connectivity index (χ2v) is 8.66. The predicted octanol–water partition coefficient (Wildman–Crippen LogP) is 3.00. The van der Waals surface area contributed by atoms with Crippen LogP contribution in [0.15, 0.2) is 41.6 Å². The van der Waals surface area contributed by atoms with Crippen molar-refractivity contribution < 1.29 is 27.8 Å². The van der Waals surface area contributed by atoms with Crippen molar-refractivity contribution in [1.29, 1.82) is 0 Å². The zero-order valence-electron chi connectivity index (χ0n) is 17.8. The molecule has 0 radical (unpaired) electrons. The number of nitrogens with zero attached hydrogens (tertiary/aromatic N) is 2. The normalized spacial score (nSPS) is 16.1. The second kappa shape index (κ2) is 10.8. The molecule has 1 fully saturated rings. The van der Waals surface area contributed by atoms with E-state index in [2.05, 4.69) is 15.6 Å². The zero-order valence-corrected chi connectivity index (χ0v) is 18.6. The van der Waals surface area contributed by atoms with Crippen LogP contribution in [0.25, 0.3) is 0 Å². The number of fused-ring (bicyclic) bond motifs is 1. The fraction of sp³-hybridized carbons (Fsp3) is 0.409. The predicted molar refractivity (Wildman–Crippen MR) is 119 cm³/mol. The van der Waals surface area contributed by atoms with Crippen LogP contribution in [0.4, 0.5) is 14.5 Å². The van der Waals surface area contributed by atoms with Crippen LogP contribution in [0.3, 0.4) is 0 Å². The summed E-state index contributed by atoms with van der Waals surface area (Å²) in [5.41, 5.74) is 0.968. The van der Waals surface area contributed by atoms with Gasteiger partial charge < -0.3 is 20.1 Å². The molecule has 0 saturated carbocycles. The quantitative estimate of drug-likeness (QED) is 0.564. The molecule has 1 aromatic heterocycles. The molecule has 0 bridgehead atoms. The Morgan fingerprint density at radius 2 is 1.97 bits per heavy atom. The van der Waals surface area contributed by atoms with Gasteiger partial charge in [-0.1, -0.05) is 11.8 Å². The molecule has 2 aliphatic heterocycles. The Labute approximate surface area is 194 Å². The van der Waals surface area contributed by atoms with E-state index >= 15 is 0 Å². The molecule has 0 unspecified atom stereocenters. The van der Waals surface area contributed by atoms with Gasteiger partial charge in [0.1, 0.15) is 5.03 Å². The Balaban J connectivity index is 1.29. The minimum Gasteiger partial charge on any atom is -0.454 e. The van der Waals surface area contributed by atoms with Gasteiger partial charge in [-0.05, 0) is 37.1 Å². The molecule has 2 aliphatic rings. The summed E-state index contributed by atoms with van der Waals surface area (Å²) in [4.78, 5) is 31.2. The van der Waals surface area contributed by atoms with Gasteiger partial charge in [0.25, 0.3) is 12.3 Å². The molecule has 2 N–H and O–H groups in total. The van der Waals surface area contributed by atoms with E-state index in [1.807, 2.05) is 0 Å². The van der Waals surface area contributed by atoms with Gasteiger partial charge >= 0.3 is 0 Å². The van der Waals surface area contributed by atoms with Crippen LogP contribution in [0, 0.1) is 0 Å². The molecule has 176 valence electrons. The third kappa shape index (κ3) is 6.32. The molecule has 1 saturated heterocycles. The maximum Gasteiger partial charge on any atom is 0.254 e. The highest BCUT2D eigenvalue weighted by atomic mass is 32.2. The van der Waals surface area contributed by atoms with Gasteiger partial charge in [-0.3, -0.25) is 14.5 Å². The number of amides is 2. The molecule has 8 nitrogen and oxygen atoms in total. The van der Waals surface area contributed by atoms with Crippen LogP contribution in [-0.4, -0.2) is 66.3 Å². The van der Waals surface area contributed by atoms with Gasteiger partial charge in [0, 0.05) is 37.1 Å². The van der Waals surface area contributed by atoms with E-state index < -0.39 is 6.43 Å². The summed E-state index contributed by atoms with van der Waals surface area (Å²) in [6, 6.07) is 8.38. The molecule has 3 heterocycles. The van der Waals surface area contributed by atoms with Crippen molar-refractivity contribution in [2.45, 2.75) is 30.3 Å². The first-order valence-electron chi connectivity index (χ1n) is 10.6. The van der Waals surface area contributed by atoms with Crippen LogP contribution in [0.2, 0.25) is 0 Å². The van der Waals surface area contributed by atoms with E-state index in [4.69, 9.17) is 9.47 Å². The highest BCUT2D eigenvalue weighted by Crippen LogP contribution is 2.34. The Morgan fingerprint density at radius 3 is 2.76 bits per heavy atom. The Hall–Kier alpha value is -2.92. The first-order valence-corrected chi connectivity index (χ1v) is 11.5. The number of benzene rings is 1. The number of rotatable bonds is 8. The molecular weight excluding hydrogens is 454 g/mol. The van der Waals surface area contributed by atoms with Crippen molar-refractivity contribution in [3.8, 4) is 11.5 Å². The third-order valence-corrected chi connectivity index (χ3v) is 6.34. The Bertz CT molecular complexity index is 1000. The minimum absolute atomic E-state index is 0.0672. The van der Waals surface area contributed by atoms with Gasteiger partial charge in [0.15, 0.2) is 11.5 Å². The number of alkyl halides is 2. The van der Waals surface area contributed by atoms with Gasteiger partial charge in [0.2, 0.25) is 12.7 Å². The smallest absolute Gasteiger partial charge is 0.254 e. The number of nitrogens with one attached hydrogen (secondary N) is 2. The summed E-state index contributed by atoms with van der Waals surface area (Å²) in [5, 5.41) is 6.21. The molecule has 0 spiro atoms. The van der Waals surface area contributed by atoms with Crippen molar-refractivity contribution in [3.63, 3.8) is 0 Å². The van der Waals surface area contributed by atoms with Crippen LogP contribution < -0.4 is 20.1 Å². The number of aromatic nitrogens is 1. The summed E-state index contributed by atoms with van der Waals surface area (Å²) in [7, 11) is 0. The van der Waals surface area contributed by atoms with E-state index in [1.54, 1.807) is 41.4 Å². The number of hydrogen-bond donors (Lipinski definition) is 2. The number of anilines is 1. The second-order valence-electron chi connectivity index (χ2n) is 7.70. The molecule has 0 aliphatic carbocycles. The van der Waals surface area contributed by atoms with Crippen LogP contribution in [0.5, 0.6) is 11.5 Å². The van der Waals surface area contributed by atoms with Crippen molar-refractivity contribution in [2.24, 2.45) is 0 Å². The standard InChI is InChI=1S/C22H24F2N4O4S/c23-19(24)11-28-8-5-14(6-9-28)27-21(30)16-2-1-7-25-22(16)33-12-20(29)26-15-3-4-17-18(10-15)32-13-31-17/h1-4,7,10,14,19H,5-6,8-9,11-13H2,(H,26,29)(H,27,30). The lowest BCUT2D eigenvalue weighted by Gasteiger charge is -2.32.